The van der Waals surface area contributed by atoms with E-state index in [1.54, 1.807) is 6.08 Å². The summed E-state index contributed by atoms with van der Waals surface area (Å²) in [6.45, 7) is 1.58. The van der Waals surface area contributed by atoms with Crippen LogP contribution in [0.1, 0.15) is 213 Å². The Morgan fingerprint density at radius 2 is 0.814 bits per heavy atom. The van der Waals surface area contributed by atoms with Gasteiger partial charge < -0.3 is 89.9 Å². The van der Waals surface area contributed by atoms with Crippen LogP contribution in [-0.2, 0) is 33.2 Å². The summed E-state index contributed by atoms with van der Waals surface area (Å²) in [5, 5.41) is 120. The average molecular weight is 1220 g/mol. The van der Waals surface area contributed by atoms with Crippen LogP contribution in [0.15, 0.2) is 72.9 Å². The van der Waals surface area contributed by atoms with Gasteiger partial charge in [-0.15, -0.1) is 0 Å². The van der Waals surface area contributed by atoms with Gasteiger partial charge in [0.1, 0.15) is 73.2 Å². The number of hydrogen-bond donors (Lipinski definition) is 12. The van der Waals surface area contributed by atoms with Crippen LogP contribution < -0.4 is 5.32 Å². The van der Waals surface area contributed by atoms with Gasteiger partial charge in [0.05, 0.1) is 38.6 Å². The number of nitrogens with one attached hydrogen (secondary N) is 1. The fourth-order valence-electron chi connectivity index (χ4n) is 10.8. The quantitative estimate of drug-likeness (QED) is 0.0204. The molecule has 0 aromatic carbocycles. The third-order valence-corrected chi connectivity index (χ3v) is 16.2. The van der Waals surface area contributed by atoms with Crippen LogP contribution in [0.2, 0.25) is 0 Å². The lowest BCUT2D eigenvalue weighted by Gasteiger charge is -2.48. The highest BCUT2D eigenvalue weighted by Gasteiger charge is 2.53. The van der Waals surface area contributed by atoms with E-state index in [1.165, 1.54) is 109 Å². The molecule has 498 valence electrons. The van der Waals surface area contributed by atoms with Crippen molar-refractivity contribution >= 4 is 5.91 Å². The molecule has 19 nitrogen and oxygen atoms in total. The molecule has 86 heavy (non-hydrogen) atoms. The van der Waals surface area contributed by atoms with Gasteiger partial charge in [-0.2, -0.15) is 0 Å². The standard InChI is InChI=1S/C67H117NO18/c1-3-5-7-9-11-13-15-17-19-20-21-22-23-24-25-26-27-28-29-30-31-33-35-37-39-41-43-45-55(73)68-50(51(72)44-42-40-38-36-34-32-18-16-14-12-10-8-6-4-2)49-81-65-61(79)58(76)63(53(47-70)83-65)86-67-62(80)59(77)64(54(48-71)84-67)85-66-60(78)57(75)56(74)52(46-69)82-66/h5,7,11,13,17,19,21-22,34,36,42,44,50-54,56-67,69-72,74-80H,3-4,6,8-10,12,14-16,18,20,23-33,35,37-41,43,45-49H2,1-2H3,(H,68,73)/b7-5-,13-11-,19-17-,22-21-,36-34+,44-42+. The van der Waals surface area contributed by atoms with Crippen LogP contribution in [0.25, 0.3) is 0 Å². The Kier molecular flexibility index (Phi) is 44.1. The summed E-state index contributed by atoms with van der Waals surface area (Å²) >= 11 is 0. The van der Waals surface area contributed by atoms with E-state index in [1.807, 2.05) is 6.08 Å². The molecule has 0 aromatic heterocycles. The molecule has 0 aliphatic carbocycles. The minimum atomic E-state index is -1.98. The average Bonchev–Trinajstić information content (AvgIpc) is 1.96. The number of aliphatic hydroxyl groups is 11. The van der Waals surface area contributed by atoms with E-state index >= 15 is 0 Å². The lowest BCUT2D eigenvalue weighted by Crippen LogP contribution is -2.66. The molecule has 0 bridgehead atoms. The zero-order valence-electron chi connectivity index (χ0n) is 52.3. The van der Waals surface area contributed by atoms with Crippen molar-refractivity contribution in [3.8, 4) is 0 Å². The third-order valence-electron chi connectivity index (χ3n) is 16.2. The van der Waals surface area contributed by atoms with Gasteiger partial charge in [0, 0.05) is 6.42 Å². The molecular formula is C67H117NO18. The van der Waals surface area contributed by atoms with Gasteiger partial charge in [0.2, 0.25) is 5.91 Å². The van der Waals surface area contributed by atoms with Crippen molar-refractivity contribution in [1.29, 1.82) is 0 Å². The summed E-state index contributed by atoms with van der Waals surface area (Å²) in [7, 11) is 0. The largest absolute Gasteiger partial charge is 0.394 e. The molecule has 17 unspecified atom stereocenters. The second-order valence-electron chi connectivity index (χ2n) is 23.5. The molecule has 3 aliphatic heterocycles. The Morgan fingerprint density at radius 3 is 1.30 bits per heavy atom. The summed E-state index contributed by atoms with van der Waals surface area (Å²) in [6, 6.07) is -0.992. The van der Waals surface area contributed by atoms with Gasteiger partial charge in [-0.3, -0.25) is 4.79 Å². The van der Waals surface area contributed by atoms with Crippen LogP contribution >= 0.6 is 0 Å². The molecule has 19 heteroatoms. The highest BCUT2D eigenvalue weighted by Crippen LogP contribution is 2.33. The second kappa shape index (κ2) is 49.0. The predicted octanol–water partition coefficient (Wildman–Crippen LogP) is 7.77. The maximum Gasteiger partial charge on any atom is 0.220 e. The molecular weight excluding hydrogens is 1110 g/mol. The van der Waals surface area contributed by atoms with Gasteiger partial charge in [-0.1, -0.05) is 209 Å². The molecule has 3 fully saturated rings. The van der Waals surface area contributed by atoms with Gasteiger partial charge in [0.25, 0.3) is 0 Å². The first-order chi connectivity index (χ1) is 41.8. The summed E-state index contributed by atoms with van der Waals surface area (Å²) in [5.41, 5.74) is 0. The first-order valence-electron chi connectivity index (χ1n) is 33.2. The van der Waals surface area contributed by atoms with Crippen molar-refractivity contribution in [2.45, 2.75) is 317 Å². The fraction of sp³-hybridized carbons (Fsp3) is 0.806. The van der Waals surface area contributed by atoms with E-state index in [2.05, 4.69) is 79.9 Å². The minimum Gasteiger partial charge on any atom is -0.394 e. The van der Waals surface area contributed by atoms with Crippen LogP contribution in [0.5, 0.6) is 0 Å². The Bertz CT molecular complexity index is 1850. The number of aliphatic hydroxyl groups excluding tert-OH is 11. The molecule has 12 N–H and O–H groups in total. The Labute approximate surface area is 515 Å². The van der Waals surface area contributed by atoms with E-state index in [0.29, 0.717) is 12.8 Å². The first kappa shape index (κ1) is 77.5. The third kappa shape index (κ3) is 31.3. The van der Waals surface area contributed by atoms with E-state index < -0.39 is 124 Å². The highest BCUT2D eigenvalue weighted by atomic mass is 16.8. The summed E-state index contributed by atoms with van der Waals surface area (Å²) in [5.74, 6) is -0.289. The van der Waals surface area contributed by atoms with Crippen LogP contribution in [0.4, 0.5) is 0 Å². The van der Waals surface area contributed by atoms with E-state index in [0.717, 1.165) is 70.6 Å². The Balaban J connectivity index is 1.43. The zero-order chi connectivity index (χ0) is 62.6. The summed E-state index contributed by atoms with van der Waals surface area (Å²) in [4.78, 5) is 13.4. The number of allylic oxidation sites excluding steroid dienone is 11. The maximum absolute atomic E-state index is 13.4. The van der Waals surface area contributed by atoms with Crippen LogP contribution in [-0.4, -0.2) is 193 Å². The molecule has 0 radical (unpaired) electrons. The Morgan fingerprint density at radius 1 is 0.430 bits per heavy atom. The second-order valence-corrected chi connectivity index (χ2v) is 23.5. The lowest BCUT2D eigenvalue weighted by atomic mass is 9.96. The van der Waals surface area contributed by atoms with E-state index in [4.69, 9.17) is 28.4 Å². The normalized spacial score (nSPS) is 29.2. The van der Waals surface area contributed by atoms with Gasteiger partial charge in [-0.05, 0) is 70.6 Å². The van der Waals surface area contributed by atoms with E-state index in [-0.39, 0.29) is 18.9 Å². The number of amides is 1. The maximum atomic E-state index is 13.4. The van der Waals surface area contributed by atoms with Crippen molar-refractivity contribution in [3.05, 3.63) is 72.9 Å². The van der Waals surface area contributed by atoms with Crippen molar-refractivity contribution in [2.75, 3.05) is 26.4 Å². The topological polar surface area (TPSA) is 307 Å². The SMILES string of the molecule is CC/C=C\C/C=C\C/C=C\C/C=C\CCCCCCCCCCCCCCCCC(=O)NC(COC1OC(CO)C(OC2OC(CO)C(OC3OC(CO)C(O)C(O)C3O)C(O)C2O)C(O)C1O)C(O)/C=C/CC/C=C/CCCCCCCCCC. The monoisotopic (exact) mass is 1220 g/mol. The Hall–Kier alpha value is -2.77. The smallest absolute Gasteiger partial charge is 0.220 e. The summed E-state index contributed by atoms with van der Waals surface area (Å²) < 4.78 is 34.3. The number of unbranched alkanes of at least 4 members (excludes halogenated alkanes) is 23. The predicted molar refractivity (Wildman–Crippen MR) is 332 cm³/mol. The molecule has 0 spiro atoms. The highest BCUT2D eigenvalue weighted by molar-refractivity contribution is 5.76. The zero-order valence-corrected chi connectivity index (χ0v) is 52.3. The lowest BCUT2D eigenvalue weighted by molar-refractivity contribution is -0.379. The number of hydrogen-bond acceptors (Lipinski definition) is 18. The number of rotatable bonds is 49. The molecule has 3 saturated heterocycles. The first-order valence-corrected chi connectivity index (χ1v) is 33.2. The number of ether oxygens (including phenoxy) is 6. The van der Waals surface area contributed by atoms with Gasteiger partial charge >= 0.3 is 0 Å². The van der Waals surface area contributed by atoms with Crippen molar-refractivity contribution in [3.63, 3.8) is 0 Å². The number of carbonyl (C=O) groups is 1. The van der Waals surface area contributed by atoms with Crippen molar-refractivity contribution < 1.29 is 89.4 Å². The van der Waals surface area contributed by atoms with Gasteiger partial charge in [0.15, 0.2) is 18.9 Å². The molecule has 3 rings (SSSR count). The molecule has 3 aliphatic rings. The van der Waals surface area contributed by atoms with E-state index in [9.17, 15) is 61.0 Å². The fourth-order valence-corrected chi connectivity index (χ4v) is 10.8. The molecule has 0 saturated carbocycles. The van der Waals surface area contributed by atoms with Crippen molar-refractivity contribution in [1.82, 2.24) is 5.32 Å². The van der Waals surface area contributed by atoms with Crippen LogP contribution in [0.3, 0.4) is 0 Å². The molecule has 1 amide bonds. The number of carbonyl (C=O) groups excluding carboxylic acids is 1. The summed E-state index contributed by atoms with van der Waals surface area (Å²) in [6.07, 6.45) is 33.1. The molecule has 3 heterocycles. The minimum absolute atomic E-state index is 0.232. The molecule has 17 atom stereocenters. The van der Waals surface area contributed by atoms with Crippen molar-refractivity contribution in [2.24, 2.45) is 0 Å². The van der Waals surface area contributed by atoms with Gasteiger partial charge in [-0.25, -0.2) is 0 Å². The molecule has 0 aromatic rings. The van der Waals surface area contributed by atoms with Crippen LogP contribution in [0, 0.1) is 0 Å².